The summed E-state index contributed by atoms with van der Waals surface area (Å²) >= 11 is 0. The van der Waals surface area contributed by atoms with Crippen LogP contribution in [0, 0.1) is 6.92 Å². The molecule has 8 aromatic carbocycles. The summed E-state index contributed by atoms with van der Waals surface area (Å²) in [7, 11) is 0. The zero-order chi connectivity index (χ0) is 44.8. The molecule has 0 aromatic heterocycles. The Morgan fingerprint density at radius 3 is 1.71 bits per heavy atom. The molecule has 4 nitrogen and oxygen atoms in total. The van der Waals surface area contributed by atoms with Gasteiger partial charge in [-0.05, 0) is 136 Å². The van der Waals surface area contributed by atoms with Gasteiger partial charge in [-0.15, -0.1) is 0 Å². The highest BCUT2D eigenvalue weighted by Crippen LogP contribution is 2.55. The monoisotopic (exact) mass is 842 g/mol. The normalized spacial score (nSPS) is 13.9. The SMILES string of the molecule is Cc1cc2c3c(c1)N(c1ccc(C(C)(C)C)cc1-c1ccccc1)c1c(N(c4ccccc4)c4ccccc4)ccc4c1B3C(=C(c1ccccc1N)N2c1ccc(C(C)(C)C)cc1)C4. The fourth-order valence-corrected chi connectivity index (χ4v) is 10.6. The van der Waals surface area contributed by atoms with Crippen LogP contribution in [-0.4, -0.2) is 6.71 Å². The summed E-state index contributed by atoms with van der Waals surface area (Å²) in [5.74, 6) is 0. The Morgan fingerprint density at radius 1 is 0.523 bits per heavy atom. The fourth-order valence-electron chi connectivity index (χ4n) is 10.6. The third-order valence-corrected chi connectivity index (χ3v) is 13.8. The van der Waals surface area contributed by atoms with Crippen LogP contribution in [0.4, 0.5) is 51.2 Å². The van der Waals surface area contributed by atoms with E-state index in [0.717, 1.165) is 46.1 Å². The van der Waals surface area contributed by atoms with Crippen molar-refractivity contribution in [2.75, 3.05) is 20.4 Å². The number of rotatable bonds is 7. The van der Waals surface area contributed by atoms with Crippen LogP contribution in [0.15, 0.2) is 187 Å². The lowest BCUT2D eigenvalue weighted by Crippen LogP contribution is -2.54. The second-order valence-corrected chi connectivity index (χ2v) is 20.1. The van der Waals surface area contributed by atoms with Crippen LogP contribution >= 0.6 is 0 Å². The van der Waals surface area contributed by atoms with Crippen LogP contribution < -0.4 is 31.4 Å². The van der Waals surface area contributed by atoms with E-state index in [1.54, 1.807) is 0 Å². The van der Waals surface area contributed by atoms with E-state index in [-0.39, 0.29) is 17.5 Å². The Kier molecular flexibility index (Phi) is 9.48. The minimum Gasteiger partial charge on any atom is -0.398 e. The van der Waals surface area contributed by atoms with Gasteiger partial charge in [-0.2, -0.15) is 0 Å². The predicted octanol–water partition coefficient (Wildman–Crippen LogP) is 14.4. The molecule has 0 fully saturated rings. The number of para-hydroxylation sites is 3. The van der Waals surface area contributed by atoms with Crippen molar-refractivity contribution >= 4 is 74.5 Å². The van der Waals surface area contributed by atoms with Crippen molar-refractivity contribution in [3.05, 3.63) is 215 Å². The lowest BCUT2D eigenvalue weighted by Gasteiger charge is -2.45. The van der Waals surface area contributed by atoms with Crippen molar-refractivity contribution in [1.29, 1.82) is 0 Å². The molecule has 65 heavy (non-hydrogen) atoms. The van der Waals surface area contributed by atoms with Crippen molar-refractivity contribution in [3.8, 4) is 11.1 Å². The summed E-state index contributed by atoms with van der Waals surface area (Å²) in [5, 5.41) is 0. The van der Waals surface area contributed by atoms with Gasteiger partial charge >= 0.3 is 0 Å². The maximum absolute atomic E-state index is 7.08. The molecule has 0 spiro atoms. The van der Waals surface area contributed by atoms with Crippen LogP contribution in [0.25, 0.3) is 16.8 Å². The average molecular weight is 843 g/mol. The first-order chi connectivity index (χ1) is 31.4. The number of anilines is 9. The minimum absolute atomic E-state index is 0.00363. The van der Waals surface area contributed by atoms with Gasteiger partial charge in [0, 0.05) is 50.9 Å². The van der Waals surface area contributed by atoms with Gasteiger partial charge in [0.15, 0.2) is 0 Å². The second kappa shape index (κ2) is 15.2. The topological polar surface area (TPSA) is 35.7 Å². The summed E-state index contributed by atoms with van der Waals surface area (Å²) in [4.78, 5) is 7.63. The molecule has 3 aliphatic heterocycles. The fraction of sp³-hybridized carbons (Fsp3) is 0.167. The first-order valence-electron chi connectivity index (χ1n) is 23.1. The minimum atomic E-state index is -0.0491. The van der Waals surface area contributed by atoms with Gasteiger partial charge in [0.25, 0.3) is 0 Å². The molecule has 0 saturated heterocycles. The van der Waals surface area contributed by atoms with Gasteiger partial charge in [0.05, 0.1) is 17.1 Å². The van der Waals surface area contributed by atoms with Crippen LogP contribution in [0.5, 0.6) is 0 Å². The number of nitrogen functional groups attached to an aromatic ring is 1. The highest BCUT2D eigenvalue weighted by atomic mass is 15.2. The Hall–Kier alpha value is -7.24. The molecule has 5 heteroatoms. The van der Waals surface area contributed by atoms with Crippen molar-refractivity contribution < 1.29 is 0 Å². The maximum atomic E-state index is 7.08. The number of hydrogen-bond acceptors (Lipinski definition) is 4. The van der Waals surface area contributed by atoms with E-state index >= 15 is 0 Å². The van der Waals surface area contributed by atoms with Gasteiger partial charge in [0.1, 0.15) is 0 Å². The molecule has 318 valence electrons. The Balaban J connectivity index is 1.28. The largest absolute Gasteiger partial charge is 0.398 e. The number of aryl methyl sites for hydroxylation is 1. The summed E-state index contributed by atoms with van der Waals surface area (Å²) < 4.78 is 0. The molecular weight excluding hydrogens is 787 g/mol. The average Bonchev–Trinajstić information content (AvgIpc) is 3.70. The van der Waals surface area contributed by atoms with E-state index in [4.69, 9.17) is 5.73 Å². The van der Waals surface area contributed by atoms with E-state index in [2.05, 4.69) is 245 Å². The molecule has 3 aliphatic rings. The smallest absolute Gasteiger partial charge is 0.248 e. The third kappa shape index (κ3) is 6.67. The van der Waals surface area contributed by atoms with Crippen molar-refractivity contribution in [2.24, 2.45) is 0 Å². The van der Waals surface area contributed by atoms with Gasteiger partial charge in [0.2, 0.25) is 6.71 Å². The molecule has 0 radical (unpaired) electrons. The molecule has 0 saturated carbocycles. The molecule has 2 N–H and O–H groups in total. The van der Waals surface area contributed by atoms with Crippen molar-refractivity contribution in [2.45, 2.75) is 65.7 Å². The highest BCUT2D eigenvalue weighted by Gasteiger charge is 2.50. The number of nitrogens with zero attached hydrogens (tertiary/aromatic N) is 3. The molecule has 0 amide bonds. The molecule has 0 bridgehead atoms. The van der Waals surface area contributed by atoms with Crippen molar-refractivity contribution in [1.82, 2.24) is 0 Å². The zero-order valence-electron chi connectivity index (χ0n) is 38.5. The first kappa shape index (κ1) is 40.5. The quantitative estimate of drug-likeness (QED) is 0.128. The van der Waals surface area contributed by atoms with Crippen LogP contribution in [0.2, 0.25) is 0 Å². The van der Waals surface area contributed by atoms with Crippen LogP contribution in [-0.2, 0) is 17.3 Å². The zero-order valence-corrected chi connectivity index (χ0v) is 38.5. The number of benzene rings is 8. The van der Waals surface area contributed by atoms with E-state index in [9.17, 15) is 0 Å². The molecule has 8 aromatic rings. The lowest BCUT2D eigenvalue weighted by molar-refractivity contribution is 0.590. The summed E-state index contributed by atoms with van der Waals surface area (Å²) in [6, 6.07) is 67.2. The van der Waals surface area contributed by atoms with Gasteiger partial charge < -0.3 is 20.4 Å². The Morgan fingerprint density at radius 2 is 1.09 bits per heavy atom. The van der Waals surface area contributed by atoms with Crippen molar-refractivity contribution in [3.63, 3.8) is 0 Å². The molecule has 3 heterocycles. The summed E-state index contributed by atoms with van der Waals surface area (Å²) in [6.07, 6.45) is 0.805. The molecule has 0 unspecified atom stereocenters. The van der Waals surface area contributed by atoms with E-state index in [0.29, 0.717) is 0 Å². The standard InChI is InChI=1S/C60H55BN4/c1-39-35-53-56-54(36-39)65(51-34-30-43(60(5,6)7)38-48(51)40-19-11-8-12-20-40)58-52(63(44-21-13-9-14-22-44)45-23-15-10-16-24-45)33-27-41-37-49(61(56)55(41)58)57(47-25-17-18-26-50(47)62)64(53)46-31-28-42(29-32-46)59(2,3)4/h8-36,38H,37,62H2,1-7H3. The third-order valence-electron chi connectivity index (χ3n) is 13.8. The summed E-state index contributed by atoms with van der Waals surface area (Å²) in [6.45, 7) is 16.1. The summed E-state index contributed by atoms with van der Waals surface area (Å²) in [5.41, 5.74) is 30.9. The van der Waals surface area contributed by atoms with Gasteiger partial charge in [-0.1, -0.05) is 156 Å². The predicted molar refractivity (Wildman–Crippen MR) is 278 cm³/mol. The Bertz CT molecular complexity index is 3120. The molecule has 11 rings (SSSR count). The van der Waals surface area contributed by atoms with Crippen LogP contribution in [0.3, 0.4) is 0 Å². The molecule has 0 aliphatic carbocycles. The van der Waals surface area contributed by atoms with E-state index < -0.39 is 0 Å². The van der Waals surface area contributed by atoms with E-state index in [1.807, 2.05) is 0 Å². The lowest BCUT2D eigenvalue weighted by atomic mass is 9.35. The Labute approximate surface area is 385 Å². The van der Waals surface area contributed by atoms with Gasteiger partial charge in [-0.25, -0.2) is 0 Å². The molecule has 0 atom stereocenters. The first-order valence-corrected chi connectivity index (χ1v) is 23.1. The number of nitrogens with two attached hydrogens (primary N) is 1. The second-order valence-electron chi connectivity index (χ2n) is 20.1. The van der Waals surface area contributed by atoms with Gasteiger partial charge in [-0.3, -0.25) is 0 Å². The van der Waals surface area contributed by atoms with Crippen LogP contribution in [0.1, 0.15) is 69.4 Å². The maximum Gasteiger partial charge on any atom is 0.248 e. The number of hydrogen-bond donors (Lipinski definition) is 1. The molecular formula is C60H55BN4. The highest BCUT2D eigenvalue weighted by molar-refractivity contribution is 6.97. The number of allylic oxidation sites excluding steroid dienone is 1. The van der Waals surface area contributed by atoms with E-state index in [1.165, 1.54) is 72.5 Å².